The molecule has 0 saturated carbocycles. The minimum Gasteiger partial charge on any atom is -0.444 e. The molecule has 0 bridgehead atoms. The van der Waals surface area contributed by atoms with Crippen molar-refractivity contribution in [3.63, 3.8) is 0 Å². The van der Waals surface area contributed by atoms with Gasteiger partial charge in [-0.1, -0.05) is 32.0 Å². The van der Waals surface area contributed by atoms with E-state index in [1.54, 1.807) is 45.9 Å². The van der Waals surface area contributed by atoms with Crippen molar-refractivity contribution in [2.75, 3.05) is 10.6 Å². The zero-order chi connectivity index (χ0) is 30.0. The van der Waals surface area contributed by atoms with Crippen molar-refractivity contribution in [3.8, 4) is 11.4 Å². The first-order chi connectivity index (χ1) is 18.5. The maximum Gasteiger partial charge on any atom is 0.413 e. The smallest absolute Gasteiger partial charge is 0.413 e. The van der Waals surface area contributed by atoms with Crippen molar-refractivity contribution in [2.45, 2.75) is 91.7 Å². The Hall–Kier alpha value is -4.22. The number of hydrogen-bond acceptors (Lipinski definition) is 8. The SMILES string of the molecule is CCC(C)(C)c1cc(NC(=O)C(C)c2ccc(-c3nn(C(C)C)c(NC(=O)OC(C)(C)C)c3C(N)=O)nc2)on1. The van der Waals surface area contributed by atoms with E-state index in [0.717, 1.165) is 12.1 Å². The Morgan fingerprint density at radius 3 is 2.30 bits per heavy atom. The van der Waals surface area contributed by atoms with Crippen LogP contribution in [-0.2, 0) is 14.9 Å². The molecule has 40 heavy (non-hydrogen) atoms. The van der Waals surface area contributed by atoms with Gasteiger partial charge in [-0.15, -0.1) is 0 Å². The Bertz CT molecular complexity index is 1380. The molecule has 0 aliphatic rings. The number of hydrogen-bond donors (Lipinski definition) is 3. The molecule has 3 rings (SSSR count). The van der Waals surface area contributed by atoms with Crippen LogP contribution < -0.4 is 16.4 Å². The normalized spacial score (nSPS) is 12.8. The van der Waals surface area contributed by atoms with Crippen molar-refractivity contribution in [1.82, 2.24) is 19.9 Å². The summed E-state index contributed by atoms with van der Waals surface area (Å²) in [5, 5.41) is 14.0. The first-order valence-corrected chi connectivity index (χ1v) is 13.2. The third-order valence-corrected chi connectivity index (χ3v) is 6.52. The summed E-state index contributed by atoms with van der Waals surface area (Å²) in [5.41, 5.74) is 6.73. The minimum atomic E-state index is -0.788. The molecule has 0 aliphatic heterocycles. The first kappa shape index (κ1) is 30.3. The number of nitrogens with zero attached hydrogens (tertiary/aromatic N) is 4. The van der Waals surface area contributed by atoms with Gasteiger partial charge in [0.05, 0.1) is 17.3 Å². The fourth-order valence-electron chi connectivity index (χ4n) is 3.76. The Morgan fingerprint density at radius 1 is 1.10 bits per heavy atom. The number of ether oxygens (including phenoxy) is 1. The number of pyridine rings is 1. The molecule has 0 aromatic carbocycles. The van der Waals surface area contributed by atoms with E-state index >= 15 is 0 Å². The molecule has 3 aromatic heterocycles. The Balaban J connectivity index is 1.86. The van der Waals surface area contributed by atoms with Gasteiger partial charge in [-0.25, -0.2) is 9.48 Å². The standard InChI is InChI=1S/C28H39N7O5/c1-10-28(8,9)19-13-20(40-34-19)31-25(37)16(4)17-11-12-18(30-14-17)22-21(23(29)36)24(35(33-22)15(2)3)32-26(38)39-27(5,6)7/h11-16H,10H2,1-9H3,(H2,29,36)(H,31,37)(H,32,38). The molecule has 12 nitrogen and oxygen atoms in total. The second-order valence-electron chi connectivity index (χ2n) is 11.6. The number of primary amides is 1. The number of nitrogens with two attached hydrogens (primary N) is 1. The lowest BCUT2D eigenvalue weighted by Gasteiger charge is -2.20. The maximum absolute atomic E-state index is 12.9. The van der Waals surface area contributed by atoms with Gasteiger partial charge in [0.1, 0.15) is 22.7 Å². The average Bonchev–Trinajstić information content (AvgIpc) is 3.48. The van der Waals surface area contributed by atoms with Crippen molar-refractivity contribution in [3.05, 3.63) is 41.2 Å². The van der Waals surface area contributed by atoms with Gasteiger partial charge in [0.2, 0.25) is 11.8 Å². The molecule has 4 N–H and O–H groups in total. The summed E-state index contributed by atoms with van der Waals surface area (Å²) in [5.74, 6) is -1.26. The molecule has 3 amide bonds. The van der Waals surface area contributed by atoms with Gasteiger partial charge in [-0.3, -0.25) is 25.2 Å². The van der Waals surface area contributed by atoms with Crippen LogP contribution in [0.3, 0.4) is 0 Å². The van der Waals surface area contributed by atoms with E-state index in [1.807, 2.05) is 13.8 Å². The average molecular weight is 554 g/mol. The van der Waals surface area contributed by atoms with Crippen LogP contribution in [0.25, 0.3) is 11.4 Å². The molecule has 0 saturated heterocycles. The van der Waals surface area contributed by atoms with Crippen LogP contribution in [0.2, 0.25) is 0 Å². The molecular weight excluding hydrogens is 514 g/mol. The highest BCUT2D eigenvalue weighted by atomic mass is 16.6. The number of nitrogens with one attached hydrogen (secondary N) is 2. The number of amides is 3. The summed E-state index contributed by atoms with van der Waals surface area (Å²) in [7, 11) is 0. The third kappa shape index (κ3) is 6.85. The highest BCUT2D eigenvalue weighted by Gasteiger charge is 2.29. The van der Waals surface area contributed by atoms with E-state index in [4.69, 9.17) is 15.0 Å². The van der Waals surface area contributed by atoms with Crippen molar-refractivity contribution in [2.24, 2.45) is 5.73 Å². The predicted molar refractivity (Wildman–Crippen MR) is 151 cm³/mol. The quantitative estimate of drug-likeness (QED) is 0.317. The van der Waals surface area contributed by atoms with Gasteiger partial charge in [0, 0.05) is 23.7 Å². The number of carbonyl (C=O) groups is 3. The lowest BCUT2D eigenvalue weighted by atomic mass is 9.87. The van der Waals surface area contributed by atoms with E-state index in [0.29, 0.717) is 11.3 Å². The molecule has 1 unspecified atom stereocenters. The number of aromatic nitrogens is 4. The van der Waals surface area contributed by atoms with Crippen LogP contribution >= 0.6 is 0 Å². The largest absolute Gasteiger partial charge is 0.444 e. The maximum atomic E-state index is 12.9. The van der Waals surface area contributed by atoms with Gasteiger partial charge in [-0.2, -0.15) is 5.10 Å². The second kappa shape index (κ2) is 11.5. The fourth-order valence-corrected chi connectivity index (χ4v) is 3.76. The topological polar surface area (TPSA) is 167 Å². The van der Waals surface area contributed by atoms with Crippen LogP contribution in [-0.4, -0.2) is 43.4 Å². The molecule has 1 atom stereocenters. The summed E-state index contributed by atoms with van der Waals surface area (Å²) in [6.07, 6.45) is 1.65. The highest BCUT2D eigenvalue weighted by molar-refractivity contribution is 6.05. The van der Waals surface area contributed by atoms with E-state index < -0.39 is 23.5 Å². The minimum absolute atomic E-state index is 0.00160. The number of carbonyl (C=O) groups excluding carboxylic acids is 3. The van der Waals surface area contributed by atoms with Crippen molar-refractivity contribution >= 4 is 29.6 Å². The van der Waals surface area contributed by atoms with Crippen LogP contribution in [0.4, 0.5) is 16.5 Å². The van der Waals surface area contributed by atoms with Gasteiger partial charge >= 0.3 is 6.09 Å². The van der Waals surface area contributed by atoms with Crippen molar-refractivity contribution in [1.29, 1.82) is 0 Å². The van der Waals surface area contributed by atoms with E-state index in [1.165, 1.54) is 10.9 Å². The highest BCUT2D eigenvalue weighted by Crippen LogP contribution is 2.32. The summed E-state index contributed by atoms with van der Waals surface area (Å²) in [6, 6.07) is 4.87. The molecule has 0 spiro atoms. The summed E-state index contributed by atoms with van der Waals surface area (Å²) in [4.78, 5) is 42.4. The van der Waals surface area contributed by atoms with Crippen LogP contribution in [0, 0.1) is 0 Å². The van der Waals surface area contributed by atoms with Gasteiger partial charge in [0.15, 0.2) is 0 Å². The third-order valence-electron chi connectivity index (χ3n) is 6.52. The fraction of sp³-hybridized carbons (Fsp3) is 0.500. The molecule has 3 heterocycles. The van der Waals surface area contributed by atoms with Gasteiger partial charge < -0.3 is 15.0 Å². The molecule has 3 aromatic rings. The first-order valence-electron chi connectivity index (χ1n) is 13.2. The zero-order valence-corrected chi connectivity index (χ0v) is 24.6. The van der Waals surface area contributed by atoms with Crippen LogP contribution in [0.5, 0.6) is 0 Å². The van der Waals surface area contributed by atoms with Crippen LogP contribution in [0.1, 0.15) is 102 Å². The monoisotopic (exact) mass is 553 g/mol. The van der Waals surface area contributed by atoms with E-state index in [9.17, 15) is 14.4 Å². The molecular formula is C28H39N7O5. The zero-order valence-electron chi connectivity index (χ0n) is 24.6. The lowest BCUT2D eigenvalue weighted by Crippen LogP contribution is -2.29. The number of anilines is 2. The Labute approximate surface area is 234 Å². The lowest BCUT2D eigenvalue weighted by molar-refractivity contribution is -0.117. The van der Waals surface area contributed by atoms with E-state index in [2.05, 4.69) is 46.6 Å². The summed E-state index contributed by atoms with van der Waals surface area (Å²) >= 11 is 0. The molecule has 216 valence electrons. The summed E-state index contributed by atoms with van der Waals surface area (Å²) < 4.78 is 12.2. The summed E-state index contributed by atoms with van der Waals surface area (Å²) in [6.45, 7) is 16.8. The van der Waals surface area contributed by atoms with Gasteiger partial charge in [0.25, 0.3) is 5.91 Å². The molecule has 0 radical (unpaired) electrons. The Kier molecular flexibility index (Phi) is 8.71. The van der Waals surface area contributed by atoms with E-state index in [-0.39, 0.29) is 40.3 Å². The Morgan fingerprint density at radius 2 is 1.77 bits per heavy atom. The number of rotatable bonds is 9. The van der Waals surface area contributed by atoms with Gasteiger partial charge in [-0.05, 0) is 59.6 Å². The van der Waals surface area contributed by atoms with Crippen LogP contribution in [0.15, 0.2) is 28.9 Å². The molecule has 0 fully saturated rings. The van der Waals surface area contributed by atoms with Crippen molar-refractivity contribution < 1.29 is 23.6 Å². The second-order valence-corrected chi connectivity index (χ2v) is 11.6. The molecule has 12 heteroatoms. The predicted octanol–water partition coefficient (Wildman–Crippen LogP) is 5.39. The molecule has 0 aliphatic carbocycles.